The average molecular weight is 559 g/mol. The summed E-state index contributed by atoms with van der Waals surface area (Å²) in [6.45, 7) is 9.40. The fraction of sp³-hybridized carbons (Fsp3) is 0.737. The first-order valence-electron chi connectivity index (χ1n) is 10.2. The number of unbranched alkanes of at least 4 members (excludes halogenated alkanes) is 2. The van der Waals surface area contributed by atoms with Gasteiger partial charge in [-0.2, -0.15) is 4.31 Å². The molecule has 1 fully saturated rings. The maximum atomic E-state index is 12.7. The number of guanidine groups is 1. The predicted octanol–water partition coefficient (Wildman–Crippen LogP) is 3.41. The van der Waals surface area contributed by atoms with Gasteiger partial charge in [0.15, 0.2) is 5.96 Å². The number of nitrogens with one attached hydrogen (secondary N) is 2. The smallest absolute Gasteiger partial charge is 0.252 e. The Bertz CT molecular complexity index is 719. The third-order valence-electron chi connectivity index (χ3n) is 4.56. The number of nitrogens with zero attached hydrogens (tertiary/aromatic N) is 2. The van der Waals surface area contributed by atoms with Crippen LogP contribution >= 0.6 is 35.3 Å². The second kappa shape index (κ2) is 13.8. The van der Waals surface area contributed by atoms with E-state index in [4.69, 9.17) is 4.74 Å². The topological polar surface area (TPSA) is 83.0 Å². The Labute approximate surface area is 196 Å². The summed E-state index contributed by atoms with van der Waals surface area (Å²) in [6.07, 6.45) is 4.78. The van der Waals surface area contributed by atoms with Gasteiger partial charge in [-0.1, -0.05) is 26.2 Å². The fourth-order valence-electron chi connectivity index (χ4n) is 2.98. The first-order chi connectivity index (χ1) is 13.5. The first-order valence-corrected chi connectivity index (χ1v) is 12.4. The molecule has 1 aromatic heterocycles. The fourth-order valence-corrected chi connectivity index (χ4v) is 5.82. The van der Waals surface area contributed by atoms with Crippen LogP contribution in [0.15, 0.2) is 21.3 Å². The Morgan fingerprint density at radius 2 is 2.00 bits per heavy atom. The van der Waals surface area contributed by atoms with E-state index in [1.54, 1.807) is 6.07 Å². The first kappa shape index (κ1) is 26.6. The highest BCUT2D eigenvalue weighted by Crippen LogP contribution is 2.26. The van der Waals surface area contributed by atoms with Gasteiger partial charge in [0, 0.05) is 30.6 Å². The highest BCUT2D eigenvalue weighted by molar-refractivity contribution is 14.0. The number of hydrogen-bond donors (Lipinski definition) is 2. The molecule has 0 radical (unpaired) electrons. The zero-order chi connectivity index (χ0) is 20.4. The lowest BCUT2D eigenvalue weighted by Crippen LogP contribution is -2.42. The Balaban J connectivity index is 0.00000420. The summed E-state index contributed by atoms with van der Waals surface area (Å²) in [5.74, 6) is 0.775. The predicted molar refractivity (Wildman–Crippen MR) is 131 cm³/mol. The largest absolute Gasteiger partial charge is 0.379 e. The van der Waals surface area contributed by atoms with Crippen LogP contribution in [0.2, 0.25) is 0 Å². The van der Waals surface area contributed by atoms with E-state index in [0.717, 1.165) is 23.8 Å². The van der Waals surface area contributed by atoms with E-state index in [9.17, 15) is 8.42 Å². The van der Waals surface area contributed by atoms with Gasteiger partial charge < -0.3 is 15.4 Å². The molecule has 1 aromatic rings. The molecule has 1 aliphatic heterocycles. The molecular formula is C19H35IN4O3S2. The second-order valence-corrected chi connectivity index (χ2v) is 10.3. The molecule has 0 amide bonds. The lowest BCUT2D eigenvalue weighted by Gasteiger charge is -2.25. The summed E-state index contributed by atoms with van der Waals surface area (Å²) in [7, 11) is -3.43. The van der Waals surface area contributed by atoms with Crippen LogP contribution in [0.3, 0.4) is 0 Å². The summed E-state index contributed by atoms with van der Waals surface area (Å²) >= 11 is 1.30. The van der Waals surface area contributed by atoms with Gasteiger partial charge in [-0.15, -0.1) is 35.3 Å². The van der Waals surface area contributed by atoms with Gasteiger partial charge in [0.1, 0.15) is 4.21 Å². The Kier molecular flexibility index (Phi) is 12.7. The van der Waals surface area contributed by atoms with Crippen LogP contribution in [0.4, 0.5) is 0 Å². The quantitative estimate of drug-likeness (QED) is 0.199. The number of thiophene rings is 1. The zero-order valence-corrected chi connectivity index (χ0v) is 21.6. The Hall–Kier alpha value is -0.430. The molecule has 0 spiro atoms. The lowest BCUT2D eigenvalue weighted by atomic mass is 10.1. The number of morpholine rings is 1. The third kappa shape index (κ3) is 8.68. The van der Waals surface area contributed by atoms with Crippen LogP contribution in [-0.4, -0.2) is 57.6 Å². The van der Waals surface area contributed by atoms with Crippen molar-refractivity contribution in [1.29, 1.82) is 0 Å². The molecule has 0 bridgehead atoms. The van der Waals surface area contributed by atoms with Crippen molar-refractivity contribution in [3.63, 3.8) is 0 Å². The summed E-state index contributed by atoms with van der Waals surface area (Å²) < 4.78 is 32.6. The maximum Gasteiger partial charge on any atom is 0.252 e. The lowest BCUT2D eigenvalue weighted by molar-refractivity contribution is 0.0731. The van der Waals surface area contributed by atoms with Crippen molar-refractivity contribution in [2.45, 2.75) is 63.3 Å². The minimum atomic E-state index is -3.43. The monoisotopic (exact) mass is 558 g/mol. The molecule has 1 saturated heterocycles. The normalized spacial score (nSPS) is 16.9. The average Bonchev–Trinajstić information content (AvgIpc) is 3.17. The van der Waals surface area contributed by atoms with E-state index in [0.29, 0.717) is 43.1 Å². The molecule has 2 heterocycles. The van der Waals surface area contributed by atoms with Gasteiger partial charge in [0.2, 0.25) is 0 Å². The van der Waals surface area contributed by atoms with Crippen LogP contribution in [0.5, 0.6) is 0 Å². The van der Waals surface area contributed by atoms with Crippen molar-refractivity contribution in [2.75, 3.05) is 32.8 Å². The van der Waals surface area contributed by atoms with E-state index < -0.39 is 10.0 Å². The molecular weight excluding hydrogens is 523 g/mol. The van der Waals surface area contributed by atoms with E-state index in [-0.39, 0.29) is 24.0 Å². The number of ether oxygens (including phenoxy) is 1. The van der Waals surface area contributed by atoms with Crippen LogP contribution in [-0.2, 0) is 21.3 Å². The van der Waals surface area contributed by atoms with E-state index in [1.807, 2.05) is 13.0 Å². The molecule has 1 atom stereocenters. The van der Waals surface area contributed by atoms with E-state index >= 15 is 0 Å². The van der Waals surface area contributed by atoms with Crippen molar-refractivity contribution in [3.8, 4) is 0 Å². The van der Waals surface area contributed by atoms with E-state index in [2.05, 4.69) is 29.5 Å². The number of rotatable bonds is 10. The highest BCUT2D eigenvalue weighted by atomic mass is 127. The van der Waals surface area contributed by atoms with Crippen LogP contribution < -0.4 is 10.6 Å². The zero-order valence-electron chi connectivity index (χ0n) is 17.6. The van der Waals surface area contributed by atoms with Crippen LogP contribution in [0.25, 0.3) is 0 Å². The third-order valence-corrected chi connectivity index (χ3v) is 8.00. The van der Waals surface area contributed by atoms with Gasteiger partial charge in [-0.05, 0) is 32.4 Å². The minimum Gasteiger partial charge on any atom is -0.379 e. The summed E-state index contributed by atoms with van der Waals surface area (Å²) in [4.78, 5) is 5.57. The van der Waals surface area contributed by atoms with Crippen molar-refractivity contribution in [2.24, 2.45) is 4.99 Å². The standard InChI is InChI=1S/C19H34N4O3S2.HI/c1-4-6-7-8-16(3)22-19(20-5-2)21-15-17-9-10-18(27-17)28(24,25)23-11-13-26-14-12-23;/h9-10,16H,4-8,11-15H2,1-3H3,(H2,20,21,22);1H. The molecule has 10 heteroatoms. The molecule has 2 N–H and O–H groups in total. The number of aliphatic imine (C=N–C) groups is 1. The van der Waals surface area contributed by atoms with Crippen LogP contribution in [0, 0.1) is 0 Å². The molecule has 0 aromatic carbocycles. The van der Waals surface area contributed by atoms with Gasteiger partial charge in [0.25, 0.3) is 10.0 Å². The minimum absolute atomic E-state index is 0. The molecule has 7 nitrogen and oxygen atoms in total. The molecule has 1 aliphatic rings. The van der Waals surface area contributed by atoms with Crippen molar-refractivity contribution < 1.29 is 13.2 Å². The van der Waals surface area contributed by atoms with Crippen molar-refractivity contribution in [1.82, 2.24) is 14.9 Å². The molecule has 2 rings (SSSR count). The SMILES string of the molecule is CCCCCC(C)NC(=NCc1ccc(S(=O)(=O)N2CCOCC2)s1)NCC.I. The van der Waals surface area contributed by atoms with Crippen molar-refractivity contribution >= 4 is 51.3 Å². The van der Waals surface area contributed by atoms with E-state index in [1.165, 1.54) is 34.9 Å². The van der Waals surface area contributed by atoms with Gasteiger partial charge in [-0.25, -0.2) is 13.4 Å². The number of hydrogen-bond acceptors (Lipinski definition) is 5. The number of sulfonamides is 1. The van der Waals surface area contributed by atoms with Gasteiger partial charge in [-0.3, -0.25) is 0 Å². The van der Waals surface area contributed by atoms with Crippen molar-refractivity contribution in [3.05, 3.63) is 17.0 Å². The highest BCUT2D eigenvalue weighted by Gasteiger charge is 2.27. The molecule has 0 aliphatic carbocycles. The summed E-state index contributed by atoms with van der Waals surface area (Å²) in [5.41, 5.74) is 0. The van der Waals surface area contributed by atoms with Gasteiger partial charge >= 0.3 is 0 Å². The summed E-state index contributed by atoms with van der Waals surface area (Å²) in [5, 5.41) is 6.71. The Morgan fingerprint density at radius 1 is 1.28 bits per heavy atom. The number of halogens is 1. The Morgan fingerprint density at radius 3 is 2.66 bits per heavy atom. The van der Waals surface area contributed by atoms with Gasteiger partial charge in [0.05, 0.1) is 19.8 Å². The maximum absolute atomic E-state index is 12.7. The summed E-state index contributed by atoms with van der Waals surface area (Å²) in [6, 6.07) is 3.90. The van der Waals surface area contributed by atoms with Crippen LogP contribution in [0.1, 0.15) is 51.3 Å². The molecule has 168 valence electrons. The molecule has 29 heavy (non-hydrogen) atoms. The molecule has 1 unspecified atom stereocenters. The molecule has 0 saturated carbocycles. The second-order valence-electron chi connectivity index (χ2n) is 6.97.